The Balaban J connectivity index is 1.34. The molecule has 1 aliphatic heterocycles. The Hall–Kier alpha value is -3.55. The monoisotopic (exact) mass is 627 g/mol. The highest BCUT2D eigenvalue weighted by atomic mass is 79.9. The van der Waals surface area contributed by atoms with Gasteiger partial charge in [-0.3, -0.25) is 9.59 Å². The SMILES string of the molecule is O=C(Oc1ccccc1)c1cccc(N2C(=O)[C@@H]3[C@H](C2=O)C2(Br)c4ccccc4C3(Br)c3ccccc32)c1. The minimum Gasteiger partial charge on any atom is -0.423 e. The molecule has 7 heteroatoms. The molecule has 2 amide bonds. The van der Waals surface area contributed by atoms with Gasteiger partial charge in [-0.05, 0) is 52.6 Å². The van der Waals surface area contributed by atoms with Gasteiger partial charge in [0.2, 0.25) is 11.8 Å². The molecule has 2 bridgehead atoms. The molecule has 1 heterocycles. The van der Waals surface area contributed by atoms with Crippen molar-refractivity contribution in [1.29, 1.82) is 0 Å². The maximum atomic E-state index is 14.2. The lowest BCUT2D eigenvalue weighted by Gasteiger charge is -2.55. The summed E-state index contributed by atoms with van der Waals surface area (Å²) < 4.78 is 3.75. The summed E-state index contributed by atoms with van der Waals surface area (Å²) in [5.41, 5.74) is 4.48. The zero-order valence-electron chi connectivity index (χ0n) is 19.8. The number of esters is 1. The first kappa shape index (κ1) is 23.6. The van der Waals surface area contributed by atoms with Crippen molar-refractivity contribution in [3.8, 4) is 5.75 Å². The fourth-order valence-electron chi connectivity index (χ4n) is 6.35. The van der Waals surface area contributed by atoms with Gasteiger partial charge in [0, 0.05) is 0 Å². The van der Waals surface area contributed by atoms with Crippen molar-refractivity contribution in [2.45, 2.75) is 8.65 Å². The van der Waals surface area contributed by atoms with Gasteiger partial charge in [0.15, 0.2) is 0 Å². The van der Waals surface area contributed by atoms with Crippen LogP contribution in [0.3, 0.4) is 0 Å². The number of imide groups is 1. The molecule has 0 radical (unpaired) electrons. The number of para-hydroxylation sites is 1. The molecule has 8 rings (SSSR count). The summed E-state index contributed by atoms with van der Waals surface area (Å²) in [6.07, 6.45) is 0. The van der Waals surface area contributed by atoms with E-state index in [0.29, 0.717) is 11.4 Å². The summed E-state index contributed by atoms with van der Waals surface area (Å²) in [5.74, 6) is -2.13. The van der Waals surface area contributed by atoms with E-state index in [1.54, 1.807) is 48.5 Å². The quantitative estimate of drug-likeness (QED) is 0.115. The predicted molar refractivity (Wildman–Crippen MR) is 150 cm³/mol. The van der Waals surface area contributed by atoms with Gasteiger partial charge in [-0.25, -0.2) is 9.69 Å². The molecule has 0 spiro atoms. The van der Waals surface area contributed by atoms with Crippen molar-refractivity contribution in [2.75, 3.05) is 4.90 Å². The standard InChI is InChI=1S/C31H19Br2NO4/c32-30-21-13-4-5-14-22(21)31(33,24-16-7-6-15-23(24)30)26-25(30)27(35)34(28(26)36)19-10-8-9-18(17-19)29(37)38-20-11-2-1-3-12-20/h1-17,25-26H/t25-,26+,30?,31?. The Kier molecular flexibility index (Phi) is 5.10. The Morgan fingerprint density at radius 3 is 1.63 bits per heavy atom. The average Bonchev–Trinajstić information content (AvgIpc) is 3.23. The lowest BCUT2D eigenvalue weighted by Crippen LogP contribution is -2.56. The largest absolute Gasteiger partial charge is 0.423 e. The predicted octanol–water partition coefficient (Wildman–Crippen LogP) is 6.32. The number of carbonyl (C=O) groups is 3. The second-order valence-electron chi connectivity index (χ2n) is 9.73. The smallest absolute Gasteiger partial charge is 0.343 e. The van der Waals surface area contributed by atoms with Crippen molar-refractivity contribution in [3.63, 3.8) is 0 Å². The average molecular weight is 629 g/mol. The van der Waals surface area contributed by atoms with Crippen LogP contribution in [0.5, 0.6) is 5.75 Å². The van der Waals surface area contributed by atoms with Gasteiger partial charge >= 0.3 is 5.97 Å². The van der Waals surface area contributed by atoms with Crippen molar-refractivity contribution >= 4 is 55.3 Å². The number of hydrogen-bond acceptors (Lipinski definition) is 4. The van der Waals surface area contributed by atoms with Crippen molar-refractivity contribution in [3.05, 3.63) is 131 Å². The number of nitrogens with zero attached hydrogens (tertiary/aromatic N) is 1. The van der Waals surface area contributed by atoms with Crippen molar-refractivity contribution < 1.29 is 19.1 Å². The molecular formula is C31H19Br2NO4. The Morgan fingerprint density at radius 1 is 0.658 bits per heavy atom. The Labute approximate surface area is 235 Å². The summed E-state index contributed by atoms with van der Waals surface area (Å²) >= 11 is 8.02. The van der Waals surface area contributed by atoms with Crippen molar-refractivity contribution in [2.24, 2.45) is 11.8 Å². The number of rotatable bonds is 3. The van der Waals surface area contributed by atoms with Gasteiger partial charge in [0.1, 0.15) is 5.75 Å². The second-order valence-corrected chi connectivity index (χ2v) is 12.2. The summed E-state index contributed by atoms with van der Waals surface area (Å²) in [7, 11) is 0. The molecule has 0 unspecified atom stereocenters. The van der Waals surface area contributed by atoms with Crippen LogP contribution in [0.2, 0.25) is 0 Å². The van der Waals surface area contributed by atoms with Gasteiger partial charge in [0.05, 0.1) is 31.7 Å². The first-order chi connectivity index (χ1) is 18.4. The van der Waals surface area contributed by atoms with Crippen LogP contribution < -0.4 is 9.64 Å². The molecule has 0 aromatic heterocycles. The van der Waals surface area contributed by atoms with Crippen LogP contribution >= 0.6 is 31.9 Å². The van der Waals surface area contributed by atoms with Crippen LogP contribution in [-0.4, -0.2) is 17.8 Å². The van der Waals surface area contributed by atoms with Gasteiger partial charge < -0.3 is 4.74 Å². The second kappa shape index (κ2) is 8.22. The van der Waals surface area contributed by atoms with Crippen molar-refractivity contribution in [1.82, 2.24) is 0 Å². The van der Waals surface area contributed by atoms with E-state index >= 15 is 0 Å². The van der Waals surface area contributed by atoms with Crippen LogP contribution in [0.1, 0.15) is 32.6 Å². The first-order valence-electron chi connectivity index (χ1n) is 12.2. The summed E-state index contributed by atoms with van der Waals surface area (Å²) in [5, 5.41) is 0. The summed E-state index contributed by atoms with van der Waals surface area (Å²) in [6, 6.07) is 31.2. The van der Waals surface area contributed by atoms with Crippen LogP contribution in [0.25, 0.3) is 0 Å². The van der Waals surface area contributed by atoms with E-state index in [4.69, 9.17) is 4.74 Å². The third-order valence-corrected chi connectivity index (χ3v) is 10.6. The van der Waals surface area contributed by atoms with E-state index in [-0.39, 0.29) is 17.4 Å². The van der Waals surface area contributed by atoms with Gasteiger partial charge in [-0.1, -0.05) is 105 Å². The molecule has 1 saturated heterocycles. The maximum absolute atomic E-state index is 14.2. The number of benzene rings is 4. The third kappa shape index (κ3) is 2.94. The number of carbonyl (C=O) groups excluding carboxylic acids is 3. The van der Waals surface area contributed by atoms with Crippen LogP contribution in [0.4, 0.5) is 5.69 Å². The minimum atomic E-state index is -0.869. The lowest BCUT2D eigenvalue weighted by atomic mass is 9.54. The number of hydrogen-bond donors (Lipinski definition) is 0. The third-order valence-electron chi connectivity index (χ3n) is 7.88. The molecule has 4 aromatic rings. The van der Waals surface area contributed by atoms with E-state index in [1.807, 2.05) is 54.6 Å². The zero-order chi connectivity index (χ0) is 26.2. The van der Waals surface area contributed by atoms with Crippen LogP contribution in [0, 0.1) is 11.8 Å². The van der Waals surface area contributed by atoms with E-state index in [1.165, 1.54) is 4.90 Å². The van der Waals surface area contributed by atoms with Gasteiger partial charge in [-0.2, -0.15) is 0 Å². The molecule has 1 fully saturated rings. The zero-order valence-corrected chi connectivity index (χ0v) is 23.0. The fraction of sp³-hybridized carbons (Fsp3) is 0.129. The van der Waals surface area contributed by atoms with E-state index < -0.39 is 26.5 Å². The normalized spacial score (nSPS) is 26.5. The molecule has 0 saturated carbocycles. The highest BCUT2D eigenvalue weighted by Gasteiger charge is 2.72. The molecule has 4 aliphatic rings. The first-order valence-corrected chi connectivity index (χ1v) is 13.8. The molecule has 3 aliphatic carbocycles. The number of amides is 2. The summed E-state index contributed by atoms with van der Waals surface area (Å²) in [4.78, 5) is 42.6. The number of halogens is 2. The fourth-order valence-corrected chi connectivity index (χ4v) is 8.65. The van der Waals surface area contributed by atoms with E-state index in [2.05, 4.69) is 31.9 Å². The highest BCUT2D eigenvalue weighted by Crippen LogP contribution is 2.70. The number of anilines is 1. The molecular weight excluding hydrogens is 610 g/mol. The molecule has 0 N–H and O–H groups in total. The molecule has 186 valence electrons. The summed E-state index contributed by atoms with van der Waals surface area (Å²) in [6.45, 7) is 0. The Morgan fingerprint density at radius 2 is 1.13 bits per heavy atom. The number of alkyl halides is 2. The maximum Gasteiger partial charge on any atom is 0.343 e. The van der Waals surface area contributed by atoms with Crippen LogP contribution in [-0.2, 0) is 18.2 Å². The lowest BCUT2D eigenvalue weighted by molar-refractivity contribution is -0.122. The van der Waals surface area contributed by atoms with E-state index in [0.717, 1.165) is 22.3 Å². The molecule has 2 atom stereocenters. The Bertz CT molecular complexity index is 1550. The van der Waals surface area contributed by atoms with Gasteiger partial charge in [-0.15, -0.1) is 0 Å². The van der Waals surface area contributed by atoms with E-state index in [9.17, 15) is 14.4 Å². The molecule has 4 aromatic carbocycles. The van der Waals surface area contributed by atoms with Gasteiger partial charge in [0.25, 0.3) is 0 Å². The molecule has 38 heavy (non-hydrogen) atoms. The topological polar surface area (TPSA) is 63.7 Å². The number of ether oxygens (including phenoxy) is 1. The molecule has 5 nitrogen and oxygen atoms in total. The van der Waals surface area contributed by atoms with Crippen LogP contribution in [0.15, 0.2) is 103 Å². The highest BCUT2D eigenvalue weighted by molar-refractivity contribution is 9.10. The minimum absolute atomic E-state index is 0.249.